The minimum Gasteiger partial charge on any atom is -0.493 e. The highest BCUT2D eigenvalue weighted by molar-refractivity contribution is 5.73. The minimum atomic E-state index is -0.236. The summed E-state index contributed by atoms with van der Waals surface area (Å²) < 4.78 is 16.3. The molecule has 0 aliphatic carbocycles. The molecule has 0 saturated heterocycles. The second-order valence-electron chi connectivity index (χ2n) is 5.51. The average Bonchev–Trinajstić information content (AvgIpc) is 2.69. The largest absolute Gasteiger partial charge is 0.493 e. The fourth-order valence-corrected chi connectivity index (χ4v) is 2.38. The number of para-hydroxylation sites is 2. The first-order chi connectivity index (χ1) is 12.7. The molecule has 0 fully saturated rings. The first-order valence-corrected chi connectivity index (χ1v) is 8.66. The summed E-state index contributed by atoms with van der Waals surface area (Å²) in [6.45, 7) is 4.36. The molecular formula is C20H26N2O4. The van der Waals surface area contributed by atoms with Crippen LogP contribution < -0.4 is 20.1 Å². The molecule has 0 aliphatic heterocycles. The average molecular weight is 358 g/mol. The summed E-state index contributed by atoms with van der Waals surface area (Å²) in [5.74, 6) is 1.32. The monoisotopic (exact) mass is 358 g/mol. The van der Waals surface area contributed by atoms with E-state index in [1.54, 1.807) is 7.11 Å². The maximum absolute atomic E-state index is 11.9. The van der Waals surface area contributed by atoms with Crippen LogP contribution in [0, 0.1) is 0 Å². The molecule has 2 N–H and O–H groups in total. The van der Waals surface area contributed by atoms with Gasteiger partial charge in [0.05, 0.1) is 20.3 Å². The molecule has 0 radical (unpaired) electrons. The second kappa shape index (κ2) is 11.0. The van der Waals surface area contributed by atoms with Crippen LogP contribution in [0.25, 0.3) is 0 Å². The van der Waals surface area contributed by atoms with E-state index in [1.807, 2.05) is 55.5 Å². The van der Waals surface area contributed by atoms with Crippen LogP contribution >= 0.6 is 0 Å². The predicted octanol–water partition coefficient (Wildman–Crippen LogP) is 3.11. The quantitative estimate of drug-likeness (QED) is 0.641. The Hall–Kier alpha value is -2.73. The van der Waals surface area contributed by atoms with Crippen LogP contribution in [0.2, 0.25) is 0 Å². The van der Waals surface area contributed by atoms with E-state index in [0.29, 0.717) is 44.4 Å². The number of carbonyl (C=O) groups is 1. The Morgan fingerprint density at radius 3 is 2.38 bits per heavy atom. The topological polar surface area (TPSA) is 68.8 Å². The molecule has 6 heteroatoms. The van der Waals surface area contributed by atoms with Crippen molar-refractivity contribution in [2.45, 2.75) is 20.1 Å². The third kappa shape index (κ3) is 6.29. The Morgan fingerprint density at radius 2 is 1.65 bits per heavy atom. The first kappa shape index (κ1) is 19.6. The SMILES string of the molecule is CCOCc1ccccc1CNC(=O)NCCOc1ccccc1OC. The Bertz CT molecular complexity index is 691. The number of benzene rings is 2. The van der Waals surface area contributed by atoms with Gasteiger partial charge in [-0.2, -0.15) is 0 Å². The Morgan fingerprint density at radius 1 is 0.962 bits per heavy atom. The zero-order valence-corrected chi connectivity index (χ0v) is 15.3. The summed E-state index contributed by atoms with van der Waals surface area (Å²) >= 11 is 0. The summed E-state index contributed by atoms with van der Waals surface area (Å²) in [4.78, 5) is 11.9. The summed E-state index contributed by atoms with van der Waals surface area (Å²) in [5, 5.41) is 5.63. The minimum absolute atomic E-state index is 0.236. The van der Waals surface area contributed by atoms with Gasteiger partial charge in [-0.15, -0.1) is 0 Å². The lowest BCUT2D eigenvalue weighted by Gasteiger charge is -2.13. The van der Waals surface area contributed by atoms with Crippen LogP contribution in [0.3, 0.4) is 0 Å². The molecule has 0 spiro atoms. The van der Waals surface area contributed by atoms with Gasteiger partial charge in [-0.3, -0.25) is 0 Å². The molecular weight excluding hydrogens is 332 g/mol. The van der Waals surface area contributed by atoms with E-state index in [2.05, 4.69) is 10.6 Å². The van der Waals surface area contributed by atoms with Gasteiger partial charge in [0.2, 0.25) is 0 Å². The normalized spacial score (nSPS) is 10.2. The maximum Gasteiger partial charge on any atom is 0.315 e. The fraction of sp³-hybridized carbons (Fsp3) is 0.350. The molecule has 2 aromatic rings. The molecule has 0 saturated carbocycles. The molecule has 26 heavy (non-hydrogen) atoms. The van der Waals surface area contributed by atoms with Crippen molar-refractivity contribution in [1.29, 1.82) is 0 Å². The van der Waals surface area contributed by atoms with Gasteiger partial charge in [-0.05, 0) is 30.2 Å². The molecule has 6 nitrogen and oxygen atoms in total. The Labute approximate surface area is 154 Å². The molecule has 0 heterocycles. The zero-order chi connectivity index (χ0) is 18.6. The van der Waals surface area contributed by atoms with Gasteiger partial charge < -0.3 is 24.8 Å². The third-order valence-corrected chi connectivity index (χ3v) is 3.73. The van der Waals surface area contributed by atoms with Crippen LogP contribution in [-0.2, 0) is 17.9 Å². The number of methoxy groups -OCH3 is 1. The number of hydrogen-bond acceptors (Lipinski definition) is 4. The number of hydrogen-bond donors (Lipinski definition) is 2. The highest BCUT2D eigenvalue weighted by Gasteiger charge is 2.05. The number of urea groups is 1. The summed E-state index contributed by atoms with van der Waals surface area (Å²) in [6.07, 6.45) is 0. The van der Waals surface area contributed by atoms with Crippen molar-refractivity contribution in [2.24, 2.45) is 0 Å². The van der Waals surface area contributed by atoms with Crippen molar-refractivity contribution in [3.63, 3.8) is 0 Å². The Balaban J connectivity index is 1.71. The predicted molar refractivity (Wildman–Crippen MR) is 100 cm³/mol. The molecule has 2 aromatic carbocycles. The molecule has 0 aromatic heterocycles. The molecule has 0 bridgehead atoms. The molecule has 140 valence electrons. The summed E-state index contributed by atoms with van der Waals surface area (Å²) in [7, 11) is 1.59. The zero-order valence-electron chi connectivity index (χ0n) is 15.3. The van der Waals surface area contributed by atoms with Crippen molar-refractivity contribution < 1.29 is 19.0 Å². The van der Waals surface area contributed by atoms with E-state index in [0.717, 1.165) is 11.1 Å². The number of nitrogens with one attached hydrogen (secondary N) is 2. The molecule has 2 amide bonds. The van der Waals surface area contributed by atoms with Gasteiger partial charge in [0.1, 0.15) is 6.61 Å². The van der Waals surface area contributed by atoms with Crippen molar-refractivity contribution in [3.05, 3.63) is 59.7 Å². The molecule has 0 aliphatic rings. The van der Waals surface area contributed by atoms with Crippen molar-refractivity contribution in [2.75, 3.05) is 26.9 Å². The lowest BCUT2D eigenvalue weighted by molar-refractivity contribution is 0.133. The maximum atomic E-state index is 11.9. The number of rotatable bonds is 10. The van der Waals surface area contributed by atoms with Crippen molar-refractivity contribution >= 4 is 6.03 Å². The van der Waals surface area contributed by atoms with E-state index in [1.165, 1.54) is 0 Å². The van der Waals surface area contributed by atoms with Crippen LogP contribution in [0.15, 0.2) is 48.5 Å². The molecule has 0 atom stereocenters. The van der Waals surface area contributed by atoms with Gasteiger partial charge in [-0.25, -0.2) is 4.79 Å². The van der Waals surface area contributed by atoms with E-state index in [9.17, 15) is 4.79 Å². The molecule has 2 rings (SSSR count). The third-order valence-electron chi connectivity index (χ3n) is 3.73. The summed E-state index contributed by atoms with van der Waals surface area (Å²) in [5.41, 5.74) is 2.12. The van der Waals surface area contributed by atoms with Crippen LogP contribution in [-0.4, -0.2) is 32.9 Å². The smallest absolute Gasteiger partial charge is 0.315 e. The van der Waals surface area contributed by atoms with Gasteiger partial charge in [0.15, 0.2) is 11.5 Å². The van der Waals surface area contributed by atoms with Gasteiger partial charge in [0.25, 0.3) is 0 Å². The van der Waals surface area contributed by atoms with Crippen LogP contribution in [0.5, 0.6) is 11.5 Å². The van der Waals surface area contributed by atoms with Crippen LogP contribution in [0.1, 0.15) is 18.1 Å². The highest BCUT2D eigenvalue weighted by Crippen LogP contribution is 2.25. The van der Waals surface area contributed by atoms with E-state index in [-0.39, 0.29) is 6.03 Å². The number of ether oxygens (including phenoxy) is 3. The standard InChI is InChI=1S/C20H26N2O4/c1-3-25-15-17-9-5-4-8-16(17)14-22-20(23)21-12-13-26-19-11-7-6-10-18(19)24-2/h4-11H,3,12-15H2,1-2H3,(H2,21,22,23). The first-order valence-electron chi connectivity index (χ1n) is 8.66. The van der Waals surface area contributed by atoms with E-state index >= 15 is 0 Å². The summed E-state index contributed by atoms with van der Waals surface area (Å²) in [6, 6.07) is 15.1. The van der Waals surface area contributed by atoms with Crippen molar-refractivity contribution in [3.8, 4) is 11.5 Å². The van der Waals surface area contributed by atoms with Gasteiger partial charge >= 0.3 is 6.03 Å². The van der Waals surface area contributed by atoms with E-state index < -0.39 is 0 Å². The van der Waals surface area contributed by atoms with Crippen LogP contribution in [0.4, 0.5) is 4.79 Å². The van der Waals surface area contributed by atoms with Gasteiger partial charge in [-0.1, -0.05) is 36.4 Å². The number of amides is 2. The number of carbonyl (C=O) groups excluding carboxylic acids is 1. The van der Waals surface area contributed by atoms with Gasteiger partial charge in [0, 0.05) is 13.2 Å². The Kier molecular flexibility index (Phi) is 8.29. The van der Waals surface area contributed by atoms with Crippen molar-refractivity contribution in [1.82, 2.24) is 10.6 Å². The molecule has 0 unspecified atom stereocenters. The van der Waals surface area contributed by atoms with E-state index in [4.69, 9.17) is 14.2 Å². The highest BCUT2D eigenvalue weighted by atomic mass is 16.5. The lowest BCUT2D eigenvalue weighted by atomic mass is 10.1. The second-order valence-corrected chi connectivity index (χ2v) is 5.51. The fourth-order valence-electron chi connectivity index (χ4n) is 2.38. The lowest BCUT2D eigenvalue weighted by Crippen LogP contribution is -2.37.